The quantitative estimate of drug-likeness (QED) is 0.842. The highest BCUT2D eigenvalue weighted by Gasteiger charge is 2.30. The first kappa shape index (κ1) is 18.9. The molecule has 0 radical (unpaired) electrons. The summed E-state index contributed by atoms with van der Waals surface area (Å²) in [5, 5.41) is 3.34. The highest BCUT2D eigenvalue weighted by Crippen LogP contribution is 2.29. The highest BCUT2D eigenvalue weighted by molar-refractivity contribution is 5.24. The average molecular weight is 368 g/mol. The van der Waals surface area contributed by atoms with Crippen LogP contribution in [0.5, 0.6) is 0 Å². The summed E-state index contributed by atoms with van der Waals surface area (Å²) >= 11 is 0. The van der Waals surface area contributed by atoms with E-state index >= 15 is 0 Å². The van der Waals surface area contributed by atoms with Gasteiger partial charge in [0.15, 0.2) is 0 Å². The van der Waals surface area contributed by atoms with Crippen LogP contribution < -0.4 is 5.32 Å². The number of nitrogens with zero attached hydrogens (tertiary/aromatic N) is 1. The largest absolute Gasteiger partial charge is 0.465 e. The molecule has 0 amide bonds. The van der Waals surface area contributed by atoms with Crippen LogP contribution in [0.2, 0.25) is 0 Å². The summed E-state index contributed by atoms with van der Waals surface area (Å²) < 4.78 is 49.1. The number of morpholine rings is 1. The molecule has 1 unspecified atom stereocenters. The van der Waals surface area contributed by atoms with Gasteiger partial charge in [-0.3, -0.25) is 4.90 Å². The molecule has 26 heavy (non-hydrogen) atoms. The Bertz CT molecular complexity index is 692. The number of benzene rings is 1. The Morgan fingerprint density at radius 1 is 1.08 bits per heavy atom. The number of alkyl halides is 3. The maximum absolute atomic E-state index is 12.6. The second-order valence-corrected chi connectivity index (χ2v) is 6.44. The minimum atomic E-state index is -4.30. The second kappa shape index (κ2) is 8.24. The first-order chi connectivity index (χ1) is 12.4. The number of furan rings is 1. The Morgan fingerprint density at radius 3 is 2.35 bits per heavy atom. The van der Waals surface area contributed by atoms with Crippen LogP contribution in [0.25, 0.3) is 0 Å². The molecule has 1 fully saturated rings. The summed E-state index contributed by atoms with van der Waals surface area (Å²) in [6, 6.07) is 9.25. The maximum atomic E-state index is 12.6. The van der Waals surface area contributed by atoms with Crippen LogP contribution in [-0.2, 0) is 17.5 Å². The monoisotopic (exact) mass is 368 g/mol. The summed E-state index contributed by atoms with van der Waals surface area (Å²) in [6.45, 7) is 6.09. The van der Waals surface area contributed by atoms with E-state index in [0.717, 1.165) is 42.3 Å². The molecule has 1 aromatic heterocycles. The zero-order chi connectivity index (χ0) is 18.6. The third kappa shape index (κ3) is 4.87. The summed E-state index contributed by atoms with van der Waals surface area (Å²) in [4.78, 5) is 2.31. The Kier molecular flexibility index (Phi) is 6.01. The van der Waals surface area contributed by atoms with Crippen molar-refractivity contribution in [2.24, 2.45) is 0 Å². The molecule has 1 aliphatic heterocycles. The SMILES string of the molecule is Cc1ccc(C(CNCc2ccc(C(F)(F)F)cc2)N2CCOCC2)o1. The number of ether oxygens (including phenoxy) is 1. The first-order valence-electron chi connectivity index (χ1n) is 8.68. The molecule has 1 aliphatic rings. The molecule has 4 nitrogen and oxygen atoms in total. The van der Waals surface area contributed by atoms with Gasteiger partial charge >= 0.3 is 6.18 Å². The average Bonchev–Trinajstić information content (AvgIpc) is 3.05. The van der Waals surface area contributed by atoms with Crippen molar-refractivity contribution in [2.45, 2.75) is 25.7 Å². The van der Waals surface area contributed by atoms with Gasteiger partial charge in [-0.2, -0.15) is 13.2 Å². The summed E-state index contributed by atoms with van der Waals surface area (Å²) in [5.74, 6) is 1.75. The molecule has 7 heteroatoms. The van der Waals surface area contributed by atoms with Gasteiger partial charge in [-0.25, -0.2) is 0 Å². The number of rotatable bonds is 6. The lowest BCUT2D eigenvalue weighted by Crippen LogP contribution is -2.42. The molecule has 2 heterocycles. The van der Waals surface area contributed by atoms with E-state index < -0.39 is 11.7 Å². The van der Waals surface area contributed by atoms with Crippen molar-refractivity contribution >= 4 is 0 Å². The molecule has 1 N–H and O–H groups in total. The van der Waals surface area contributed by atoms with E-state index in [9.17, 15) is 13.2 Å². The molecule has 1 atom stereocenters. The fourth-order valence-electron chi connectivity index (χ4n) is 3.10. The predicted octanol–water partition coefficient (Wildman–Crippen LogP) is 3.77. The van der Waals surface area contributed by atoms with Crippen LogP contribution in [0.4, 0.5) is 13.2 Å². The van der Waals surface area contributed by atoms with E-state index in [1.165, 1.54) is 12.1 Å². The van der Waals surface area contributed by atoms with Crippen LogP contribution in [0.3, 0.4) is 0 Å². The maximum Gasteiger partial charge on any atom is 0.416 e. The van der Waals surface area contributed by atoms with Crippen molar-refractivity contribution < 1.29 is 22.3 Å². The molecule has 0 spiro atoms. The normalized spacial score (nSPS) is 17.4. The number of aryl methyl sites for hydroxylation is 1. The van der Waals surface area contributed by atoms with E-state index in [-0.39, 0.29) is 6.04 Å². The van der Waals surface area contributed by atoms with Crippen molar-refractivity contribution in [3.8, 4) is 0 Å². The van der Waals surface area contributed by atoms with Gasteiger partial charge in [0, 0.05) is 26.2 Å². The van der Waals surface area contributed by atoms with Gasteiger partial charge in [-0.1, -0.05) is 12.1 Å². The van der Waals surface area contributed by atoms with E-state index in [1.807, 2.05) is 19.1 Å². The van der Waals surface area contributed by atoms with Gasteiger partial charge in [-0.15, -0.1) is 0 Å². The lowest BCUT2D eigenvalue weighted by atomic mass is 10.1. The van der Waals surface area contributed by atoms with Crippen molar-refractivity contribution in [3.05, 3.63) is 59.0 Å². The van der Waals surface area contributed by atoms with Crippen LogP contribution in [0.1, 0.15) is 28.7 Å². The summed E-state index contributed by atoms with van der Waals surface area (Å²) in [5.41, 5.74) is 0.188. The van der Waals surface area contributed by atoms with E-state index in [0.29, 0.717) is 26.3 Å². The Balaban J connectivity index is 1.60. The molecule has 0 aliphatic carbocycles. The van der Waals surface area contributed by atoms with Crippen molar-refractivity contribution in [3.63, 3.8) is 0 Å². The topological polar surface area (TPSA) is 37.6 Å². The Morgan fingerprint density at radius 2 is 1.77 bits per heavy atom. The van der Waals surface area contributed by atoms with E-state index in [2.05, 4.69) is 10.2 Å². The minimum Gasteiger partial charge on any atom is -0.465 e. The molecule has 2 aromatic rings. The summed E-state index contributed by atoms with van der Waals surface area (Å²) in [6.07, 6.45) is -4.30. The molecule has 3 rings (SSSR count). The molecule has 0 saturated carbocycles. The van der Waals surface area contributed by atoms with Crippen molar-refractivity contribution in [1.29, 1.82) is 0 Å². The zero-order valence-electron chi connectivity index (χ0n) is 14.7. The van der Waals surface area contributed by atoms with Crippen molar-refractivity contribution in [2.75, 3.05) is 32.8 Å². The molecule has 1 aromatic carbocycles. The lowest BCUT2D eigenvalue weighted by Gasteiger charge is -2.33. The fourth-order valence-corrected chi connectivity index (χ4v) is 3.10. The Labute approximate surface area is 150 Å². The summed E-state index contributed by atoms with van der Waals surface area (Å²) in [7, 11) is 0. The van der Waals surface area contributed by atoms with Gasteiger partial charge in [0.05, 0.1) is 24.8 Å². The number of nitrogens with one attached hydrogen (secondary N) is 1. The zero-order valence-corrected chi connectivity index (χ0v) is 14.7. The van der Waals surface area contributed by atoms with Gasteiger partial charge in [0.25, 0.3) is 0 Å². The molecular weight excluding hydrogens is 345 g/mol. The van der Waals surface area contributed by atoms with E-state index in [1.54, 1.807) is 0 Å². The minimum absolute atomic E-state index is 0.0713. The lowest BCUT2D eigenvalue weighted by molar-refractivity contribution is -0.137. The molecule has 142 valence electrons. The standard InChI is InChI=1S/C19H23F3N2O2/c1-14-2-7-18(26-14)17(24-8-10-25-11-9-24)13-23-12-15-3-5-16(6-4-15)19(20,21)22/h2-7,17,23H,8-13H2,1H3. The van der Waals surface area contributed by atoms with Crippen LogP contribution in [0.15, 0.2) is 40.8 Å². The van der Waals surface area contributed by atoms with Gasteiger partial charge in [0.1, 0.15) is 11.5 Å². The molecule has 1 saturated heterocycles. The third-order valence-corrected chi connectivity index (χ3v) is 4.52. The van der Waals surface area contributed by atoms with E-state index in [4.69, 9.17) is 9.15 Å². The van der Waals surface area contributed by atoms with Crippen LogP contribution >= 0.6 is 0 Å². The second-order valence-electron chi connectivity index (χ2n) is 6.44. The highest BCUT2D eigenvalue weighted by atomic mass is 19.4. The van der Waals surface area contributed by atoms with Gasteiger partial charge < -0.3 is 14.5 Å². The number of halogens is 3. The van der Waals surface area contributed by atoms with Crippen LogP contribution in [-0.4, -0.2) is 37.7 Å². The fraction of sp³-hybridized carbons (Fsp3) is 0.474. The third-order valence-electron chi connectivity index (χ3n) is 4.52. The van der Waals surface area contributed by atoms with Gasteiger partial charge in [-0.05, 0) is 36.8 Å². The molecular formula is C19H23F3N2O2. The predicted molar refractivity (Wildman–Crippen MR) is 91.7 cm³/mol. The first-order valence-corrected chi connectivity index (χ1v) is 8.68. The van der Waals surface area contributed by atoms with Crippen LogP contribution in [0, 0.1) is 6.92 Å². The number of hydrogen-bond acceptors (Lipinski definition) is 4. The van der Waals surface area contributed by atoms with Gasteiger partial charge in [0.2, 0.25) is 0 Å². The molecule has 0 bridgehead atoms. The van der Waals surface area contributed by atoms with Crippen molar-refractivity contribution in [1.82, 2.24) is 10.2 Å². The Hall–Kier alpha value is -1.83. The number of hydrogen-bond donors (Lipinski definition) is 1. The smallest absolute Gasteiger partial charge is 0.416 e.